The van der Waals surface area contributed by atoms with Crippen LogP contribution in [0.3, 0.4) is 0 Å². The van der Waals surface area contributed by atoms with Crippen LogP contribution in [0.15, 0.2) is 36.7 Å². The number of benzene rings is 1. The second-order valence-electron chi connectivity index (χ2n) is 5.61. The number of hydrogen-bond donors (Lipinski definition) is 1. The Morgan fingerprint density at radius 3 is 2.70 bits per heavy atom. The van der Waals surface area contributed by atoms with Crippen molar-refractivity contribution in [1.29, 1.82) is 0 Å². The minimum Gasteiger partial charge on any atom is -0.493 e. The number of thiazole rings is 1. The van der Waals surface area contributed by atoms with Crippen molar-refractivity contribution >= 4 is 17.2 Å². The molecule has 27 heavy (non-hydrogen) atoms. The summed E-state index contributed by atoms with van der Waals surface area (Å²) in [6, 6.07) is 7.33. The average molecular weight is 384 g/mol. The van der Waals surface area contributed by atoms with Gasteiger partial charge in [0.15, 0.2) is 22.3 Å². The highest BCUT2D eigenvalue weighted by Gasteiger charge is 2.17. The molecule has 1 aromatic carbocycles. The first kappa shape index (κ1) is 18.8. The van der Waals surface area contributed by atoms with Crippen LogP contribution in [-0.2, 0) is 6.54 Å². The van der Waals surface area contributed by atoms with E-state index in [1.807, 2.05) is 25.1 Å². The Kier molecular flexibility index (Phi) is 5.97. The van der Waals surface area contributed by atoms with E-state index in [9.17, 15) is 4.79 Å². The molecule has 0 saturated heterocycles. The average Bonchev–Trinajstić information content (AvgIpc) is 3.09. The van der Waals surface area contributed by atoms with Gasteiger partial charge < -0.3 is 14.8 Å². The zero-order valence-electron chi connectivity index (χ0n) is 15.4. The van der Waals surface area contributed by atoms with Crippen LogP contribution in [-0.4, -0.2) is 34.6 Å². The Hall–Kier alpha value is -3.00. The standard InChI is InChI=1S/C19H20N4O3S/c1-4-26-14-7-6-13(10-15(14)25-3)11-22-18(24)16-12(2)23-19(27-16)17-20-8-5-9-21-17/h5-10H,4,11H2,1-3H3,(H,22,24). The van der Waals surface area contributed by atoms with Gasteiger partial charge in [0, 0.05) is 18.9 Å². The molecule has 3 rings (SSSR count). The quantitative estimate of drug-likeness (QED) is 0.673. The summed E-state index contributed by atoms with van der Waals surface area (Å²) in [5, 5.41) is 3.54. The second-order valence-corrected chi connectivity index (χ2v) is 6.61. The van der Waals surface area contributed by atoms with Gasteiger partial charge in [0.1, 0.15) is 4.88 Å². The Labute approximate surface area is 161 Å². The fraction of sp³-hybridized carbons (Fsp3) is 0.263. The maximum atomic E-state index is 12.6. The van der Waals surface area contributed by atoms with Gasteiger partial charge in [-0.1, -0.05) is 6.07 Å². The number of carbonyl (C=O) groups is 1. The van der Waals surface area contributed by atoms with Gasteiger partial charge in [-0.25, -0.2) is 15.0 Å². The summed E-state index contributed by atoms with van der Waals surface area (Å²) in [6.45, 7) is 4.65. The fourth-order valence-corrected chi connectivity index (χ4v) is 3.40. The monoisotopic (exact) mass is 384 g/mol. The van der Waals surface area contributed by atoms with Crippen molar-refractivity contribution in [2.45, 2.75) is 20.4 Å². The van der Waals surface area contributed by atoms with Crippen LogP contribution in [0.4, 0.5) is 0 Å². The molecule has 0 atom stereocenters. The highest BCUT2D eigenvalue weighted by molar-refractivity contribution is 7.17. The smallest absolute Gasteiger partial charge is 0.263 e. The van der Waals surface area contributed by atoms with E-state index in [1.54, 1.807) is 32.5 Å². The summed E-state index contributed by atoms with van der Waals surface area (Å²) in [5.74, 6) is 1.66. The number of nitrogens with one attached hydrogen (secondary N) is 1. The molecule has 140 valence electrons. The normalized spacial score (nSPS) is 10.5. The molecule has 8 heteroatoms. The number of nitrogens with zero attached hydrogens (tertiary/aromatic N) is 3. The van der Waals surface area contributed by atoms with E-state index in [0.717, 1.165) is 5.56 Å². The van der Waals surface area contributed by atoms with Gasteiger partial charge in [-0.3, -0.25) is 4.79 Å². The lowest BCUT2D eigenvalue weighted by Crippen LogP contribution is -2.22. The number of rotatable bonds is 7. The van der Waals surface area contributed by atoms with Gasteiger partial charge in [0.05, 0.1) is 19.4 Å². The van der Waals surface area contributed by atoms with Gasteiger partial charge in [0.25, 0.3) is 5.91 Å². The molecule has 3 aromatic rings. The Morgan fingerprint density at radius 1 is 1.22 bits per heavy atom. The van der Waals surface area contributed by atoms with Crippen molar-refractivity contribution in [3.8, 4) is 22.3 Å². The fourth-order valence-electron chi connectivity index (χ4n) is 2.47. The highest BCUT2D eigenvalue weighted by atomic mass is 32.1. The van der Waals surface area contributed by atoms with Crippen LogP contribution in [0, 0.1) is 6.92 Å². The number of hydrogen-bond acceptors (Lipinski definition) is 7. The zero-order chi connectivity index (χ0) is 19.2. The number of carbonyl (C=O) groups excluding carboxylic acids is 1. The molecule has 0 aliphatic rings. The zero-order valence-corrected chi connectivity index (χ0v) is 16.2. The van der Waals surface area contributed by atoms with Crippen molar-refractivity contribution in [2.75, 3.05) is 13.7 Å². The molecule has 7 nitrogen and oxygen atoms in total. The van der Waals surface area contributed by atoms with E-state index in [4.69, 9.17) is 9.47 Å². The Bertz CT molecular complexity index is 928. The molecule has 2 aromatic heterocycles. The second kappa shape index (κ2) is 8.59. The number of methoxy groups -OCH3 is 1. The molecule has 0 fully saturated rings. The van der Waals surface area contributed by atoms with Crippen molar-refractivity contribution < 1.29 is 14.3 Å². The summed E-state index contributed by atoms with van der Waals surface area (Å²) in [5.41, 5.74) is 1.57. The predicted octanol–water partition coefficient (Wildman–Crippen LogP) is 3.25. The number of aryl methyl sites for hydroxylation is 1. The van der Waals surface area contributed by atoms with Crippen LogP contribution in [0.1, 0.15) is 27.9 Å². The van der Waals surface area contributed by atoms with E-state index < -0.39 is 0 Å². The van der Waals surface area contributed by atoms with E-state index in [2.05, 4.69) is 20.3 Å². The Balaban J connectivity index is 1.70. The van der Waals surface area contributed by atoms with E-state index in [-0.39, 0.29) is 5.91 Å². The van der Waals surface area contributed by atoms with Crippen molar-refractivity contribution in [1.82, 2.24) is 20.3 Å². The molecular formula is C19H20N4O3S. The molecule has 0 unspecified atom stereocenters. The number of aromatic nitrogens is 3. The molecule has 0 radical (unpaired) electrons. The molecule has 0 saturated carbocycles. The lowest BCUT2D eigenvalue weighted by molar-refractivity contribution is 0.0954. The topological polar surface area (TPSA) is 86.2 Å². The van der Waals surface area contributed by atoms with Crippen LogP contribution in [0.2, 0.25) is 0 Å². The summed E-state index contributed by atoms with van der Waals surface area (Å²) in [6.07, 6.45) is 3.30. The minimum atomic E-state index is -0.181. The highest BCUT2D eigenvalue weighted by Crippen LogP contribution is 2.28. The van der Waals surface area contributed by atoms with Gasteiger partial charge in [-0.15, -0.1) is 11.3 Å². The predicted molar refractivity (Wildman–Crippen MR) is 103 cm³/mol. The molecule has 0 bridgehead atoms. The van der Waals surface area contributed by atoms with Gasteiger partial charge in [0.2, 0.25) is 0 Å². The molecule has 0 aliphatic carbocycles. The summed E-state index contributed by atoms with van der Waals surface area (Å²) in [7, 11) is 1.59. The molecule has 2 heterocycles. The first-order chi connectivity index (χ1) is 13.1. The van der Waals surface area contributed by atoms with Crippen molar-refractivity contribution in [2.24, 2.45) is 0 Å². The van der Waals surface area contributed by atoms with Gasteiger partial charge in [-0.2, -0.15) is 0 Å². The lowest BCUT2D eigenvalue weighted by Gasteiger charge is -2.11. The first-order valence-corrected chi connectivity index (χ1v) is 9.26. The summed E-state index contributed by atoms with van der Waals surface area (Å²) in [4.78, 5) is 25.9. The maximum Gasteiger partial charge on any atom is 0.263 e. The van der Waals surface area contributed by atoms with Crippen LogP contribution in [0.5, 0.6) is 11.5 Å². The molecule has 1 N–H and O–H groups in total. The van der Waals surface area contributed by atoms with Crippen molar-refractivity contribution in [3.05, 3.63) is 52.8 Å². The summed E-state index contributed by atoms with van der Waals surface area (Å²) >= 11 is 1.28. The number of amides is 1. The van der Waals surface area contributed by atoms with Crippen LogP contribution < -0.4 is 14.8 Å². The molecular weight excluding hydrogens is 364 g/mol. The van der Waals surface area contributed by atoms with Gasteiger partial charge >= 0.3 is 0 Å². The number of ether oxygens (including phenoxy) is 2. The van der Waals surface area contributed by atoms with E-state index in [1.165, 1.54) is 11.3 Å². The minimum absolute atomic E-state index is 0.181. The lowest BCUT2D eigenvalue weighted by atomic mass is 10.2. The van der Waals surface area contributed by atoms with E-state index in [0.29, 0.717) is 46.1 Å². The third-order valence-corrected chi connectivity index (χ3v) is 4.89. The summed E-state index contributed by atoms with van der Waals surface area (Å²) < 4.78 is 10.8. The molecule has 0 aliphatic heterocycles. The third kappa shape index (κ3) is 4.40. The SMILES string of the molecule is CCOc1ccc(CNC(=O)c2sc(-c3ncccn3)nc2C)cc1OC. The van der Waals surface area contributed by atoms with E-state index >= 15 is 0 Å². The third-order valence-electron chi connectivity index (χ3n) is 3.74. The Morgan fingerprint density at radius 2 is 2.00 bits per heavy atom. The molecule has 0 spiro atoms. The van der Waals surface area contributed by atoms with Crippen LogP contribution >= 0.6 is 11.3 Å². The first-order valence-electron chi connectivity index (χ1n) is 8.45. The van der Waals surface area contributed by atoms with Crippen molar-refractivity contribution in [3.63, 3.8) is 0 Å². The molecule has 1 amide bonds. The van der Waals surface area contributed by atoms with Gasteiger partial charge in [-0.05, 0) is 37.6 Å². The largest absolute Gasteiger partial charge is 0.493 e. The van der Waals surface area contributed by atoms with Crippen LogP contribution in [0.25, 0.3) is 10.8 Å². The maximum absolute atomic E-state index is 12.6.